The molecule has 1 saturated heterocycles. The van der Waals surface area contributed by atoms with Crippen LogP contribution in [0.25, 0.3) is 0 Å². The third-order valence-electron chi connectivity index (χ3n) is 5.46. The van der Waals surface area contributed by atoms with E-state index in [0.29, 0.717) is 30.8 Å². The minimum Gasteiger partial charge on any atom is -0.497 e. The topological polar surface area (TPSA) is 105 Å². The predicted octanol–water partition coefficient (Wildman–Crippen LogP) is 2.22. The molecule has 1 fully saturated rings. The fourth-order valence-corrected chi connectivity index (χ4v) is 5.20. The number of hydrogen-bond acceptors (Lipinski definition) is 5. The Morgan fingerprint density at radius 3 is 2.42 bits per heavy atom. The van der Waals surface area contributed by atoms with Crippen LogP contribution in [0.4, 0.5) is 5.69 Å². The maximum atomic E-state index is 13.0. The van der Waals surface area contributed by atoms with Crippen LogP contribution in [0.1, 0.15) is 24.0 Å². The summed E-state index contributed by atoms with van der Waals surface area (Å²) >= 11 is 0. The highest BCUT2D eigenvalue weighted by molar-refractivity contribution is 7.89. The molecule has 2 N–H and O–H groups in total. The van der Waals surface area contributed by atoms with E-state index in [0.717, 1.165) is 11.1 Å². The van der Waals surface area contributed by atoms with Gasteiger partial charge in [0.25, 0.3) is 0 Å². The Morgan fingerprint density at radius 1 is 1.06 bits per heavy atom. The summed E-state index contributed by atoms with van der Waals surface area (Å²) < 4.78 is 32.5. The van der Waals surface area contributed by atoms with Crippen LogP contribution in [0.2, 0.25) is 0 Å². The van der Waals surface area contributed by atoms with Crippen LogP contribution in [0.5, 0.6) is 5.75 Å². The molecule has 1 heterocycles. The van der Waals surface area contributed by atoms with Gasteiger partial charge in [-0.05, 0) is 74.2 Å². The second kappa shape index (κ2) is 9.49. The number of anilines is 1. The lowest BCUT2D eigenvalue weighted by Crippen LogP contribution is -2.45. The Bertz CT molecular complexity index is 1070. The van der Waals surface area contributed by atoms with Gasteiger partial charge in [0.1, 0.15) is 5.75 Å². The molecule has 31 heavy (non-hydrogen) atoms. The number of aryl methyl sites for hydroxylation is 2. The molecular weight excluding hydrogens is 418 g/mol. The van der Waals surface area contributed by atoms with Gasteiger partial charge in [-0.1, -0.05) is 6.07 Å². The van der Waals surface area contributed by atoms with Crippen LogP contribution in [0, 0.1) is 13.8 Å². The molecule has 1 atom stereocenters. The Hall–Kier alpha value is -2.91. The average molecular weight is 446 g/mol. The van der Waals surface area contributed by atoms with Crippen LogP contribution in [-0.2, 0) is 19.6 Å². The molecule has 1 aliphatic rings. The van der Waals surface area contributed by atoms with Crippen molar-refractivity contribution in [2.45, 2.75) is 37.6 Å². The first-order chi connectivity index (χ1) is 14.7. The van der Waals surface area contributed by atoms with Gasteiger partial charge < -0.3 is 15.4 Å². The maximum absolute atomic E-state index is 13.0. The zero-order valence-corrected chi connectivity index (χ0v) is 18.7. The number of ether oxygens (including phenoxy) is 1. The number of carbonyl (C=O) groups is 2. The predicted molar refractivity (Wildman–Crippen MR) is 117 cm³/mol. The van der Waals surface area contributed by atoms with Crippen LogP contribution < -0.4 is 15.4 Å². The summed E-state index contributed by atoms with van der Waals surface area (Å²) in [5.74, 6) is -1.02. The van der Waals surface area contributed by atoms with Crippen molar-refractivity contribution in [1.82, 2.24) is 9.62 Å². The normalized spacial score (nSPS) is 16.7. The van der Waals surface area contributed by atoms with Crippen molar-refractivity contribution in [3.8, 4) is 5.75 Å². The monoisotopic (exact) mass is 445 g/mol. The van der Waals surface area contributed by atoms with E-state index < -0.39 is 27.9 Å². The quantitative estimate of drug-likeness (QED) is 0.664. The summed E-state index contributed by atoms with van der Waals surface area (Å²) in [6, 6.07) is 11.2. The van der Waals surface area contributed by atoms with Crippen LogP contribution in [-0.4, -0.2) is 50.8 Å². The Morgan fingerprint density at radius 2 is 1.77 bits per heavy atom. The summed E-state index contributed by atoms with van der Waals surface area (Å²) in [7, 11) is -2.20. The lowest BCUT2D eigenvalue weighted by atomic mass is 10.1. The molecule has 9 heteroatoms. The number of benzene rings is 2. The van der Waals surface area contributed by atoms with E-state index in [-0.39, 0.29) is 11.4 Å². The lowest BCUT2D eigenvalue weighted by Gasteiger charge is -2.24. The van der Waals surface area contributed by atoms with Crippen molar-refractivity contribution in [2.75, 3.05) is 25.5 Å². The fraction of sp³-hybridized carbons (Fsp3) is 0.364. The van der Waals surface area contributed by atoms with Crippen molar-refractivity contribution in [1.29, 1.82) is 0 Å². The van der Waals surface area contributed by atoms with Crippen LogP contribution in [0.3, 0.4) is 0 Å². The first-order valence-corrected chi connectivity index (χ1v) is 11.5. The second-order valence-electron chi connectivity index (χ2n) is 7.55. The third-order valence-corrected chi connectivity index (χ3v) is 7.42. The second-order valence-corrected chi connectivity index (χ2v) is 9.44. The van der Waals surface area contributed by atoms with Crippen molar-refractivity contribution in [3.63, 3.8) is 0 Å². The Labute approximate surface area is 182 Å². The zero-order valence-electron chi connectivity index (χ0n) is 17.8. The van der Waals surface area contributed by atoms with Gasteiger partial charge in [0.05, 0.1) is 12.0 Å². The molecule has 0 unspecified atom stereocenters. The molecule has 0 bridgehead atoms. The molecule has 2 aromatic rings. The molecule has 0 saturated carbocycles. The number of amides is 2. The summed E-state index contributed by atoms with van der Waals surface area (Å²) in [6.07, 6.45) is 1.29. The summed E-state index contributed by atoms with van der Waals surface area (Å²) in [6.45, 7) is 4.31. The van der Waals surface area contributed by atoms with Gasteiger partial charge >= 0.3 is 11.8 Å². The van der Waals surface area contributed by atoms with E-state index >= 15 is 0 Å². The van der Waals surface area contributed by atoms with E-state index in [1.165, 1.54) is 23.5 Å². The van der Waals surface area contributed by atoms with E-state index in [4.69, 9.17) is 4.74 Å². The minimum absolute atomic E-state index is 0.0641. The number of methoxy groups -OCH3 is 1. The Kier molecular flexibility index (Phi) is 6.97. The van der Waals surface area contributed by atoms with Crippen LogP contribution >= 0.6 is 0 Å². The molecule has 3 rings (SSSR count). The molecule has 8 nitrogen and oxygen atoms in total. The number of rotatable bonds is 6. The highest BCUT2D eigenvalue weighted by Gasteiger charge is 2.35. The first-order valence-electron chi connectivity index (χ1n) is 10.0. The summed E-state index contributed by atoms with van der Waals surface area (Å²) in [4.78, 5) is 24.6. The molecule has 1 aliphatic heterocycles. The Balaban J connectivity index is 1.61. The maximum Gasteiger partial charge on any atom is 0.313 e. The smallest absolute Gasteiger partial charge is 0.313 e. The molecule has 0 aliphatic carbocycles. The van der Waals surface area contributed by atoms with Crippen molar-refractivity contribution in [3.05, 3.63) is 53.6 Å². The van der Waals surface area contributed by atoms with Crippen molar-refractivity contribution in [2.24, 2.45) is 0 Å². The van der Waals surface area contributed by atoms with E-state index in [1.807, 2.05) is 19.9 Å². The molecule has 0 spiro atoms. The average Bonchev–Trinajstić information content (AvgIpc) is 3.24. The highest BCUT2D eigenvalue weighted by atomic mass is 32.2. The van der Waals surface area contributed by atoms with Gasteiger partial charge in [-0.2, -0.15) is 4.31 Å². The number of carbonyl (C=O) groups excluding carboxylic acids is 2. The number of hydrogen-bond donors (Lipinski definition) is 2. The standard InChI is InChI=1S/C22H27N3O5S/c1-15-6-7-17(13-16(15)2)24-22(27)21(26)23-14-18-5-4-12-25(18)31(28,29)20-10-8-19(30-3)9-11-20/h6-11,13,18H,4-5,12,14H2,1-3H3,(H,23,26)(H,24,27)/t18-/m1/s1. The number of nitrogens with zero attached hydrogens (tertiary/aromatic N) is 1. The van der Waals surface area contributed by atoms with E-state index in [1.54, 1.807) is 24.3 Å². The summed E-state index contributed by atoms with van der Waals surface area (Å²) in [5, 5.41) is 5.13. The fourth-order valence-electron chi connectivity index (χ4n) is 3.51. The highest BCUT2D eigenvalue weighted by Crippen LogP contribution is 2.27. The number of nitrogens with one attached hydrogen (secondary N) is 2. The van der Waals surface area contributed by atoms with Gasteiger partial charge in [0.2, 0.25) is 10.0 Å². The molecular formula is C22H27N3O5S. The first kappa shape index (κ1) is 22.8. The summed E-state index contributed by atoms with van der Waals surface area (Å²) in [5.41, 5.74) is 2.62. The molecule has 0 aromatic heterocycles. The minimum atomic E-state index is -3.71. The van der Waals surface area contributed by atoms with Crippen molar-refractivity contribution < 1.29 is 22.7 Å². The van der Waals surface area contributed by atoms with Crippen molar-refractivity contribution >= 4 is 27.5 Å². The molecule has 2 aromatic carbocycles. The molecule has 0 radical (unpaired) electrons. The van der Waals surface area contributed by atoms with Gasteiger partial charge in [0, 0.05) is 24.8 Å². The van der Waals surface area contributed by atoms with Gasteiger partial charge in [-0.15, -0.1) is 0 Å². The molecule has 2 amide bonds. The van der Waals surface area contributed by atoms with Crippen LogP contribution in [0.15, 0.2) is 47.4 Å². The largest absolute Gasteiger partial charge is 0.497 e. The van der Waals surface area contributed by atoms with Gasteiger partial charge in [-0.3, -0.25) is 9.59 Å². The third kappa shape index (κ3) is 5.23. The van der Waals surface area contributed by atoms with Gasteiger partial charge in [0.15, 0.2) is 0 Å². The zero-order chi connectivity index (χ0) is 22.6. The van der Waals surface area contributed by atoms with Gasteiger partial charge in [-0.25, -0.2) is 8.42 Å². The van der Waals surface area contributed by atoms with E-state index in [2.05, 4.69) is 10.6 Å². The van der Waals surface area contributed by atoms with E-state index in [9.17, 15) is 18.0 Å². The lowest BCUT2D eigenvalue weighted by molar-refractivity contribution is -0.136. The number of sulfonamides is 1. The SMILES string of the molecule is COc1ccc(S(=O)(=O)N2CCC[C@@H]2CNC(=O)C(=O)Nc2ccc(C)c(C)c2)cc1. The molecule has 166 valence electrons.